The summed E-state index contributed by atoms with van der Waals surface area (Å²) in [4.78, 5) is 0. The summed E-state index contributed by atoms with van der Waals surface area (Å²) in [7, 11) is 1.97. The first-order chi connectivity index (χ1) is 7.74. The number of hydrogen-bond donors (Lipinski definition) is 2. The van der Waals surface area contributed by atoms with E-state index in [0.717, 1.165) is 36.7 Å². The molecule has 0 aliphatic rings. The molecule has 0 saturated carbocycles. The first-order valence-corrected chi connectivity index (χ1v) is 6.78. The third kappa shape index (κ3) is 5.01. The maximum atomic E-state index is 8.61. The number of aromatic nitrogens is 2. The molecule has 2 N–H and O–H groups in total. The predicted octanol–water partition coefficient (Wildman–Crippen LogP) is 0.934. The first kappa shape index (κ1) is 13.5. The van der Waals surface area contributed by atoms with E-state index in [0.29, 0.717) is 6.61 Å². The van der Waals surface area contributed by atoms with E-state index in [1.807, 2.05) is 30.4 Å². The molecule has 0 aromatic carbocycles. The Balaban J connectivity index is 2.05. The van der Waals surface area contributed by atoms with E-state index in [2.05, 4.69) is 16.5 Å². The average molecular weight is 243 g/mol. The van der Waals surface area contributed by atoms with Gasteiger partial charge in [0.05, 0.1) is 11.4 Å². The van der Waals surface area contributed by atoms with Crippen LogP contribution in [0.25, 0.3) is 0 Å². The van der Waals surface area contributed by atoms with Crippen LogP contribution in [-0.4, -0.2) is 39.5 Å². The molecule has 0 bridgehead atoms. The van der Waals surface area contributed by atoms with Gasteiger partial charge in [0.2, 0.25) is 0 Å². The second-order valence-electron chi connectivity index (χ2n) is 3.77. The van der Waals surface area contributed by atoms with Crippen LogP contribution in [0.1, 0.15) is 17.8 Å². The molecule has 0 radical (unpaired) electrons. The SMILES string of the molecule is Cc1cc(CNCCSCCCO)n(C)n1. The van der Waals surface area contributed by atoms with Crippen molar-refractivity contribution in [1.29, 1.82) is 0 Å². The molecule has 16 heavy (non-hydrogen) atoms. The van der Waals surface area contributed by atoms with Crippen LogP contribution in [-0.2, 0) is 13.6 Å². The standard InChI is InChI=1S/C11H21N3OS/c1-10-8-11(14(2)13-10)9-12-4-7-16-6-3-5-15/h8,12,15H,3-7,9H2,1-2H3. The zero-order valence-corrected chi connectivity index (χ0v) is 10.9. The number of aliphatic hydroxyl groups is 1. The maximum absolute atomic E-state index is 8.61. The number of nitrogens with one attached hydrogen (secondary N) is 1. The minimum Gasteiger partial charge on any atom is -0.396 e. The average Bonchev–Trinajstić information content (AvgIpc) is 2.56. The van der Waals surface area contributed by atoms with Crippen LogP contribution in [0.15, 0.2) is 6.07 Å². The molecule has 0 spiro atoms. The van der Waals surface area contributed by atoms with Gasteiger partial charge in [0, 0.05) is 32.5 Å². The van der Waals surface area contributed by atoms with E-state index in [9.17, 15) is 0 Å². The number of nitrogens with zero attached hydrogens (tertiary/aromatic N) is 2. The van der Waals surface area contributed by atoms with Gasteiger partial charge < -0.3 is 10.4 Å². The van der Waals surface area contributed by atoms with Crippen LogP contribution in [0.2, 0.25) is 0 Å². The molecule has 0 atom stereocenters. The molecular weight excluding hydrogens is 222 g/mol. The Bertz CT molecular complexity index is 301. The zero-order valence-electron chi connectivity index (χ0n) is 10.1. The van der Waals surface area contributed by atoms with Gasteiger partial charge >= 0.3 is 0 Å². The van der Waals surface area contributed by atoms with Crippen molar-refractivity contribution in [2.24, 2.45) is 7.05 Å². The van der Waals surface area contributed by atoms with Crippen molar-refractivity contribution in [3.8, 4) is 0 Å². The van der Waals surface area contributed by atoms with Gasteiger partial charge in [-0.25, -0.2) is 0 Å². The second-order valence-corrected chi connectivity index (χ2v) is 4.99. The van der Waals surface area contributed by atoms with E-state index >= 15 is 0 Å². The van der Waals surface area contributed by atoms with Crippen LogP contribution in [0.5, 0.6) is 0 Å². The van der Waals surface area contributed by atoms with Crippen molar-refractivity contribution in [2.45, 2.75) is 19.9 Å². The number of rotatable bonds is 8. The van der Waals surface area contributed by atoms with Crippen molar-refractivity contribution < 1.29 is 5.11 Å². The van der Waals surface area contributed by atoms with Crippen LogP contribution in [0.3, 0.4) is 0 Å². The summed E-state index contributed by atoms with van der Waals surface area (Å²) < 4.78 is 1.92. The summed E-state index contributed by atoms with van der Waals surface area (Å²) in [6, 6.07) is 2.10. The van der Waals surface area contributed by atoms with Gasteiger partial charge in [-0.05, 0) is 25.2 Å². The topological polar surface area (TPSA) is 50.1 Å². The Hall–Kier alpha value is -0.520. The highest BCUT2D eigenvalue weighted by molar-refractivity contribution is 7.99. The minimum absolute atomic E-state index is 0.300. The number of aryl methyl sites for hydroxylation is 2. The monoisotopic (exact) mass is 243 g/mol. The van der Waals surface area contributed by atoms with Crippen molar-refractivity contribution in [2.75, 3.05) is 24.7 Å². The van der Waals surface area contributed by atoms with Crippen LogP contribution in [0.4, 0.5) is 0 Å². The van der Waals surface area contributed by atoms with E-state index in [1.54, 1.807) is 0 Å². The fourth-order valence-electron chi connectivity index (χ4n) is 1.46. The Morgan fingerprint density at radius 2 is 2.31 bits per heavy atom. The molecule has 0 amide bonds. The van der Waals surface area contributed by atoms with E-state index in [4.69, 9.17) is 5.11 Å². The second kappa shape index (κ2) is 7.70. The van der Waals surface area contributed by atoms with Gasteiger partial charge in [-0.15, -0.1) is 0 Å². The molecule has 4 nitrogen and oxygen atoms in total. The minimum atomic E-state index is 0.300. The van der Waals surface area contributed by atoms with E-state index in [1.165, 1.54) is 5.69 Å². The molecule has 0 unspecified atom stereocenters. The lowest BCUT2D eigenvalue weighted by atomic mass is 10.3. The quantitative estimate of drug-likeness (QED) is 0.667. The molecular formula is C11H21N3OS. The van der Waals surface area contributed by atoms with Gasteiger partial charge in [0.25, 0.3) is 0 Å². The summed E-state index contributed by atoms with van der Waals surface area (Å²) in [5.74, 6) is 2.14. The molecule has 5 heteroatoms. The van der Waals surface area contributed by atoms with Crippen molar-refractivity contribution in [1.82, 2.24) is 15.1 Å². The maximum Gasteiger partial charge on any atom is 0.0597 e. The first-order valence-electron chi connectivity index (χ1n) is 5.63. The van der Waals surface area contributed by atoms with Crippen molar-refractivity contribution in [3.63, 3.8) is 0 Å². The van der Waals surface area contributed by atoms with Gasteiger partial charge in [0.1, 0.15) is 0 Å². The van der Waals surface area contributed by atoms with Gasteiger partial charge in [0.15, 0.2) is 0 Å². The molecule has 92 valence electrons. The summed E-state index contributed by atoms with van der Waals surface area (Å²) in [5.41, 5.74) is 2.29. The van der Waals surface area contributed by atoms with Crippen molar-refractivity contribution in [3.05, 3.63) is 17.5 Å². The molecule has 1 aromatic rings. The fraction of sp³-hybridized carbons (Fsp3) is 0.727. The van der Waals surface area contributed by atoms with Crippen LogP contribution < -0.4 is 5.32 Å². The smallest absolute Gasteiger partial charge is 0.0597 e. The molecule has 0 aliphatic carbocycles. The molecule has 1 rings (SSSR count). The highest BCUT2D eigenvalue weighted by atomic mass is 32.2. The number of aliphatic hydroxyl groups excluding tert-OH is 1. The van der Waals surface area contributed by atoms with Crippen LogP contribution in [0, 0.1) is 6.92 Å². The molecule has 0 saturated heterocycles. The third-order valence-electron chi connectivity index (χ3n) is 2.27. The Morgan fingerprint density at radius 1 is 1.50 bits per heavy atom. The lowest BCUT2D eigenvalue weighted by Gasteiger charge is -2.04. The normalized spacial score (nSPS) is 10.9. The highest BCUT2D eigenvalue weighted by Crippen LogP contribution is 2.02. The summed E-state index contributed by atoms with van der Waals surface area (Å²) in [6.07, 6.45) is 0.894. The lowest BCUT2D eigenvalue weighted by Crippen LogP contribution is -2.18. The van der Waals surface area contributed by atoms with Crippen molar-refractivity contribution >= 4 is 11.8 Å². The van der Waals surface area contributed by atoms with E-state index < -0.39 is 0 Å². The molecule has 1 aromatic heterocycles. The summed E-state index contributed by atoms with van der Waals surface area (Å²) in [5, 5.41) is 16.3. The third-order valence-corrected chi connectivity index (χ3v) is 3.35. The van der Waals surface area contributed by atoms with Gasteiger partial charge in [-0.2, -0.15) is 16.9 Å². The van der Waals surface area contributed by atoms with Gasteiger partial charge in [-0.3, -0.25) is 4.68 Å². The molecule has 1 heterocycles. The Morgan fingerprint density at radius 3 is 2.94 bits per heavy atom. The fourth-order valence-corrected chi connectivity index (χ4v) is 2.29. The zero-order chi connectivity index (χ0) is 11.8. The molecule has 0 aliphatic heterocycles. The summed E-state index contributed by atoms with van der Waals surface area (Å²) >= 11 is 1.88. The lowest BCUT2D eigenvalue weighted by molar-refractivity contribution is 0.296. The molecule has 0 fully saturated rings. The Labute approximate surface area is 101 Å². The predicted molar refractivity (Wildman–Crippen MR) is 68.7 cm³/mol. The number of hydrogen-bond acceptors (Lipinski definition) is 4. The number of thioether (sulfide) groups is 1. The highest BCUT2D eigenvalue weighted by Gasteiger charge is 2.00. The van der Waals surface area contributed by atoms with Gasteiger partial charge in [-0.1, -0.05) is 0 Å². The summed E-state index contributed by atoms with van der Waals surface area (Å²) in [6.45, 7) is 4.18. The Kier molecular flexibility index (Phi) is 6.52. The van der Waals surface area contributed by atoms with Crippen LogP contribution >= 0.6 is 11.8 Å². The largest absolute Gasteiger partial charge is 0.396 e. The van der Waals surface area contributed by atoms with E-state index in [-0.39, 0.29) is 0 Å².